The number of aryl methyl sites for hydroxylation is 1. The Bertz CT molecular complexity index is 345. The summed E-state index contributed by atoms with van der Waals surface area (Å²) in [4.78, 5) is 0. The van der Waals surface area contributed by atoms with Gasteiger partial charge in [0, 0.05) is 0 Å². The summed E-state index contributed by atoms with van der Waals surface area (Å²) >= 11 is 0. The molecule has 68 valence electrons. The molecule has 1 aromatic rings. The lowest BCUT2D eigenvalue weighted by molar-refractivity contribution is 0.908. The molecular formula is C13H16. The van der Waals surface area contributed by atoms with Crippen LogP contribution in [0.25, 0.3) is 6.08 Å². The van der Waals surface area contributed by atoms with Crippen molar-refractivity contribution in [3.05, 3.63) is 40.5 Å². The Balaban J connectivity index is 2.51. The van der Waals surface area contributed by atoms with Crippen molar-refractivity contribution in [1.29, 1.82) is 0 Å². The van der Waals surface area contributed by atoms with E-state index in [0.29, 0.717) is 0 Å². The molecule has 0 aliphatic heterocycles. The lowest BCUT2D eigenvalue weighted by atomic mass is 9.95. The summed E-state index contributed by atoms with van der Waals surface area (Å²) in [5.74, 6) is 0. The maximum Gasteiger partial charge on any atom is -0.00881 e. The number of fused-ring (bicyclic) bond motifs is 1. The molecule has 0 bridgehead atoms. The zero-order valence-corrected chi connectivity index (χ0v) is 8.43. The van der Waals surface area contributed by atoms with E-state index < -0.39 is 0 Å². The van der Waals surface area contributed by atoms with Crippen molar-refractivity contribution in [2.45, 2.75) is 33.1 Å². The molecule has 1 aromatic carbocycles. The minimum absolute atomic E-state index is 1.13. The molecule has 0 heteroatoms. The van der Waals surface area contributed by atoms with Crippen molar-refractivity contribution < 1.29 is 0 Å². The summed E-state index contributed by atoms with van der Waals surface area (Å²) in [7, 11) is 0. The summed E-state index contributed by atoms with van der Waals surface area (Å²) < 4.78 is 0. The zero-order valence-electron chi connectivity index (χ0n) is 8.43. The third-order valence-electron chi connectivity index (χ3n) is 2.80. The van der Waals surface area contributed by atoms with Gasteiger partial charge in [-0.1, -0.05) is 37.6 Å². The minimum Gasteiger partial charge on any atom is -0.0795 e. The predicted octanol–water partition coefficient (Wildman–Crippen LogP) is 3.52. The smallest absolute Gasteiger partial charge is 0.00881 e. The van der Waals surface area contributed by atoms with Crippen LogP contribution in [0.4, 0.5) is 0 Å². The van der Waals surface area contributed by atoms with Crippen LogP contribution in [0.1, 0.15) is 35.6 Å². The Morgan fingerprint density at radius 2 is 2.15 bits per heavy atom. The van der Waals surface area contributed by atoms with Gasteiger partial charge in [0.05, 0.1) is 0 Å². The van der Waals surface area contributed by atoms with Gasteiger partial charge < -0.3 is 0 Å². The zero-order chi connectivity index (χ0) is 9.26. The van der Waals surface area contributed by atoms with Crippen LogP contribution in [-0.2, 0) is 12.8 Å². The van der Waals surface area contributed by atoms with E-state index in [2.05, 4.69) is 38.1 Å². The number of rotatable bonds is 2. The van der Waals surface area contributed by atoms with Gasteiger partial charge >= 0.3 is 0 Å². The third-order valence-corrected chi connectivity index (χ3v) is 2.80. The molecule has 0 amide bonds. The molecule has 0 atom stereocenters. The highest BCUT2D eigenvalue weighted by atomic mass is 14.2. The minimum atomic E-state index is 1.13. The largest absolute Gasteiger partial charge is 0.0795 e. The van der Waals surface area contributed by atoms with Gasteiger partial charge in [0.1, 0.15) is 0 Å². The topological polar surface area (TPSA) is 0 Å². The van der Waals surface area contributed by atoms with Crippen LogP contribution in [0.5, 0.6) is 0 Å². The average molecular weight is 172 g/mol. The lowest BCUT2D eigenvalue weighted by Crippen LogP contribution is -1.95. The maximum atomic E-state index is 2.29. The quantitative estimate of drug-likeness (QED) is 0.640. The summed E-state index contributed by atoms with van der Waals surface area (Å²) in [5.41, 5.74) is 6.02. The monoisotopic (exact) mass is 172 g/mol. The molecule has 0 heterocycles. The molecule has 0 radical (unpaired) electrons. The summed E-state index contributed by atoms with van der Waals surface area (Å²) in [5, 5.41) is 0. The van der Waals surface area contributed by atoms with Crippen LogP contribution < -0.4 is 0 Å². The van der Waals surface area contributed by atoms with Gasteiger partial charge in [-0.15, -0.1) is 0 Å². The van der Waals surface area contributed by atoms with E-state index in [0.717, 1.165) is 6.42 Å². The number of hydrogen-bond donors (Lipinski definition) is 0. The number of allylic oxidation sites excluding steroid dienone is 1. The van der Waals surface area contributed by atoms with Crippen LogP contribution in [-0.4, -0.2) is 0 Å². The van der Waals surface area contributed by atoms with Crippen molar-refractivity contribution in [2.75, 3.05) is 0 Å². The van der Waals surface area contributed by atoms with Crippen LogP contribution >= 0.6 is 0 Å². The van der Waals surface area contributed by atoms with Crippen molar-refractivity contribution in [3.8, 4) is 0 Å². The first kappa shape index (κ1) is 8.55. The van der Waals surface area contributed by atoms with Gasteiger partial charge in [0.2, 0.25) is 0 Å². The molecule has 0 saturated carbocycles. The first-order valence-electron chi connectivity index (χ1n) is 5.11. The van der Waals surface area contributed by atoms with E-state index >= 15 is 0 Å². The first-order valence-corrected chi connectivity index (χ1v) is 5.11. The van der Waals surface area contributed by atoms with Gasteiger partial charge in [-0.05, 0) is 42.0 Å². The van der Waals surface area contributed by atoms with E-state index in [4.69, 9.17) is 0 Å². The molecule has 1 aliphatic rings. The van der Waals surface area contributed by atoms with Crippen molar-refractivity contribution >= 4 is 6.08 Å². The molecule has 2 rings (SSSR count). The number of hydrogen-bond acceptors (Lipinski definition) is 0. The van der Waals surface area contributed by atoms with Crippen molar-refractivity contribution in [1.82, 2.24) is 0 Å². The Labute approximate surface area is 80.3 Å². The predicted molar refractivity (Wildman–Crippen MR) is 57.9 cm³/mol. The van der Waals surface area contributed by atoms with E-state index in [1.165, 1.54) is 29.5 Å². The normalized spacial score (nSPS) is 13.4. The number of benzene rings is 1. The van der Waals surface area contributed by atoms with E-state index in [-0.39, 0.29) is 0 Å². The van der Waals surface area contributed by atoms with Crippen LogP contribution in [0, 0.1) is 6.92 Å². The van der Waals surface area contributed by atoms with Gasteiger partial charge in [-0.25, -0.2) is 0 Å². The first-order chi connectivity index (χ1) is 6.33. The van der Waals surface area contributed by atoms with Gasteiger partial charge in [-0.3, -0.25) is 0 Å². The van der Waals surface area contributed by atoms with Crippen LogP contribution in [0.2, 0.25) is 0 Å². The highest BCUT2D eigenvalue weighted by Crippen LogP contribution is 2.26. The Hall–Kier alpha value is -1.04. The van der Waals surface area contributed by atoms with Crippen molar-refractivity contribution in [2.24, 2.45) is 0 Å². The molecule has 1 aliphatic carbocycles. The second-order valence-corrected chi connectivity index (χ2v) is 3.79. The molecule has 0 N–H and O–H groups in total. The molecule has 0 spiro atoms. The molecule has 0 saturated heterocycles. The van der Waals surface area contributed by atoms with E-state index in [1.807, 2.05) is 0 Å². The van der Waals surface area contributed by atoms with Crippen LogP contribution in [0.15, 0.2) is 18.2 Å². The Kier molecular flexibility index (Phi) is 2.22. The second-order valence-electron chi connectivity index (χ2n) is 3.79. The Morgan fingerprint density at radius 1 is 1.31 bits per heavy atom. The fourth-order valence-electron chi connectivity index (χ4n) is 2.09. The third kappa shape index (κ3) is 1.41. The standard InChI is InChI=1S/C13H16/c1-3-5-12-10(2)8-9-11-6-4-7-13(11)12/h4,7-9H,3,5-6H2,1-2H3. The molecule has 0 fully saturated rings. The summed E-state index contributed by atoms with van der Waals surface area (Å²) in [6.45, 7) is 4.47. The molecular weight excluding hydrogens is 156 g/mol. The fraction of sp³-hybridized carbons (Fsp3) is 0.385. The second kappa shape index (κ2) is 3.37. The molecule has 0 aromatic heterocycles. The molecule has 0 nitrogen and oxygen atoms in total. The molecule has 13 heavy (non-hydrogen) atoms. The lowest BCUT2D eigenvalue weighted by Gasteiger charge is -2.10. The van der Waals surface area contributed by atoms with Gasteiger partial charge in [-0.2, -0.15) is 0 Å². The van der Waals surface area contributed by atoms with Crippen molar-refractivity contribution in [3.63, 3.8) is 0 Å². The Morgan fingerprint density at radius 3 is 2.92 bits per heavy atom. The van der Waals surface area contributed by atoms with E-state index in [1.54, 1.807) is 5.56 Å². The van der Waals surface area contributed by atoms with Gasteiger partial charge in [0.25, 0.3) is 0 Å². The molecule has 0 unspecified atom stereocenters. The maximum absolute atomic E-state index is 2.29. The highest BCUT2D eigenvalue weighted by molar-refractivity contribution is 5.64. The SMILES string of the molecule is CCCc1c(C)ccc2c1C=CC2. The average Bonchev–Trinajstić information content (AvgIpc) is 2.58. The fourth-order valence-corrected chi connectivity index (χ4v) is 2.09. The van der Waals surface area contributed by atoms with Crippen LogP contribution in [0.3, 0.4) is 0 Å². The summed E-state index contributed by atoms with van der Waals surface area (Å²) in [6.07, 6.45) is 8.15. The highest BCUT2D eigenvalue weighted by Gasteiger charge is 2.10. The summed E-state index contributed by atoms with van der Waals surface area (Å²) in [6, 6.07) is 4.53. The van der Waals surface area contributed by atoms with E-state index in [9.17, 15) is 0 Å². The van der Waals surface area contributed by atoms with Gasteiger partial charge in [0.15, 0.2) is 0 Å².